The normalized spacial score (nSPS) is 10.1. The lowest BCUT2D eigenvalue weighted by atomic mass is 10.1. The van der Waals surface area contributed by atoms with E-state index in [0.717, 1.165) is 18.4 Å². The van der Waals surface area contributed by atoms with Crippen LogP contribution in [0, 0.1) is 0 Å². The lowest BCUT2D eigenvalue weighted by molar-refractivity contribution is -0.121. The molecule has 0 heterocycles. The number of phenols is 1. The van der Waals surface area contributed by atoms with Gasteiger partial charge in [-0.1, -0.05) is 13.3 Å². The molecule has 0 atom stereocenters. The van der Waals surface area contributed by atoms with Crippen LogP contribution in [-0.2, 0) is 11.3 Å². The van der Waals surface area contributed by atoms with Crippen molar-refractivity contribution < 1.29 is 19.4 Å². The standard InChI is InChI=1S/C14H21NO4/c1-4-5-6-13(16)15-9-10-7-11(18-2)14(17)12(8-10)19-3/h7-8,17H,4-6,9H2,1-3H3,(H,15,16). The molecule has 0 saturated heterocycles. The molecule has 0 aliphatic rings. The minimum Gasteiger partial charge on any atom is -0.502 e. The third kappa shape index (κ3) is 4.35. The molecule has 2 N–H and O–H groups in total. The van der Waals surface area contributed by atoms with E-state index < -0.39 is 0 Å². The number of carbonyl (C=O) groups excluding carboxylic acids is 1. The molecule has 0 aromatic heterocycles. The van der Waals surface area contributed by atoms with Gasteiger partial charge in [-0.3, -0.25) is 4.79 Å². The number of phenolic OH excluding ortho intramolecular Hbond substituents is 1. The summed E-state index contributed by atoms with van der Waals surface area (Å²) in [5.74, 6) is 0.647. The van der Waals surface area contributed by atoms with E-state index in [2.05, 4.69) is 5.32 Å². The summed E-state index contributed by atoms with van der Waals surface area (Å²) < 4.78 is 10.1. The summed E-state index contributed by atoms with van der Waals surface area (Å²) in [6, 6.07) is 3.36. The van der Waals surface area contributed by atoms with Crippen LogP contribution in [0.4, 0.5) is 0 Å². The summed E-state index contributed by atoms with van der Waals surface area (Å²) >= 11 is 0. The molecule has 19 heavy (non-hydrogen) atoms. The average Bonchev–Trinajstić information content (AvgIpc) is 2.43. The van der Waals surface area contributed by atoms with Crippen molar-refractivity contribution in [2.24, 2.45) is 0 Å². The van der Waals surface area contributed by atoms with Crippen molar-refractivity contribution in [3.63, 3.8) is 0 Å². The topological polar surface area (TPSA) is 67.8 Å². The molecule has 1 amide bonds. The van der Waals surface area contributed by atoms with Gasteiger partial charge in [0.2, 0.25) is 11.7 Å². The summed E-state index contributed by atoms with van der Waals surface area (Å²) in [6.45, 7) is 2.43. The highest BCUT2D eigenvalue weighted by Gasteiger charge is 2.11. The Morgan fingerprint density at radius 1 is 1.26 bits per heavy atom. The van der Waals surface area contributed by atoms with Crippen molar-refractivity contribution in [2.45, 2.75) is 32.7 Å². The fraction of sp³-hybridized carbons (Fsp3) is 0.500. The monoisotopic (exact) mass is 267 g/mol. The van der Waals surface area contributed by atoms with E-state index in [1.54, 1.807) is 12.1 Å². The molecular weight excluding hydrogens is 246 g/mol. The summed E-state index contributed by atoms with van der Waals surface area (Å²) in [5.41, 5.74) is 0.816. The zero-order valence-electron chi connectivity index (χ0n) is 11.7. The Hall–Kier alpha value is -1.91. The van der Waals surface area contributed by atoms with E-state index in [0.29, 0.717) is 24.5 Å². The van der Waals surface area contributed by atoms with Crippen LogP contribution in [0.25, 0.3) is 0 Å². The van der Waals surface area contributed by atoms with E-state index in [1.807, 2.05) is 6.92 Å². The van der Waals surface area contributed by atoms with Crippen LogP contribution >= 0.6 is 0 Å². The first-order valence-electron chi connectivity index (χ1n) is 6.32. The van der Waals surface area contributed by atoms with E-state index in [4.69, 9.17) is 9.47 Å². The number of methoxy groups -OCH3 is 2. The van der Waals surface area contributed by atoms with Crippen LogP contribution in [0.3, 0.4) is 0 Å². The first-order chi connectivity index (χ1) is 9.12. The summed E-state index contributed by atoms with van der Waals surface area (Å²) in [7, 11) is 2.94. The Bertz CT molecular complexity index is 406. The first-order valence-corrected chi connectivity index (χ1v) is 6.32. The number of benzene rings is 1. The number of aromatic hydroxyl groups is 1. The number of ether oxygens (including phenoxy) is 2. The molecule has 0 fully saturated rings. The zero-order valence-corrected chi connectivity index (χ0v) is 11.7. The third-order valence-electron chi connectivity index (χ3n) is 2.79. The van der Waals surface area contributed by atoms with Gasteiger partial charge in [-0.25, -0.2) is 0 Å². The number of amides is 1. The van der Waals surface area contributed by atoms with Crippen molar-refractivity contribution in [3.8, 4) is 17.2 Å². The maximum Gasteiger partial charge on any atom is 0.220 e. The highest BCUT2D eigenvalue weighted by atomic mass is 16.5. The van der Waals surface area contributed by atoms with E-state index >= 15 is 0 Å². The molecule has 0 bridgehead atoms. The number of nitrogens with one attached hydrogen (secondary N) is 1. The van der Waals surface area contributed by atoms with Gasteiger partial charge in [0.15, 0.2) is 11.5 Å². The molecule has 0 radical (unpaired) electrons. The number of rotatable bonds is 7. The molecular formula is C14H21NO4. The van der Waals surface area contributed by atoms with Crippen LogP contribution in [0.1, 0.15) is 31.7 Å². The quantitative estimate of drug-likeness (QED) is 0.795. The summed E-state index contributed by atoms with van der Waals surface area (Å²) in [4.78, 5) is 11.5. The van der Waals surface area contributed by atoms with Crippen molar-refractivity contribution in [3.05, 3.63) is 17.7 Å². The number of unbranched alkanes of at least 4 members (excludes halogenated alkanes) is 1. The molecule has 5 heteroatoms. The molecule has 0 unspecified atom stereocenters. The van der Waals surface area contributed by atoms with Gasteiger partial charge in [-0.05, 0) is 24.1 Å². The summed E-state index contributed by atoms with van der Waals surface area (Å²) in [6.07, 6.45) is 2.41. The highest BCUT2D eigenvalue weighted by molar-refractivity contribution is 5.75. The van der Waals surface area contributed by atoms with Gasteiger partial charge in [-0.15, -0.1) is 0 Å². The molecule has 0 aliphatic carbocycles. The molecule has 0 saturated carbocycles. The second-order valence-electron chi connectivity index (χ2n) is 4.23. The fourth-order valence-electron chi connectivity index (χ4n) is 1.68. The Morgan fingerprint density at radius 3 is 2.32 bits per heavy atom. The van der Waals surface area contributed by atoms with Crippen LogP contribution < -0.4 is 14.8 Å². The Labute approximate surface area is 113 Å². The van der Waals surface area contributed by atoms with Crippen molar-refractivity contribution in [1.29, 1.82) is 0 Å². The zero-order chi connectivity index (χ0) is 14.3. The van der Waals surface area contributed by atoms with Gasteiger partial charge in [-0.2, -0.15) is 0 Å². The minimum absolute atomic E-state index is 0.0212. The highest BCUT2D eigenvalue weighted by Crippen LogP contribution is 2.36. The largest absolute Gasteiger partial charge is 0.502 e. The van der Waals surface area contributed by atoms with Gasteiger partial charge < -0.3 is 19.9 Å². The smallest absolute Gasteiger partial charge is 0.220 e. The number of hydrogen-bond acceptors (Lipinski definition) is 4. The second kappa shape index (κ2) is 7.51. The molecule has 1 aromatic rings. The van der Waals surface area contributed by atoms with Gasteiger partial charge >= 0.3 is 0 Å². The third-order valence-corrected chi connectivity index (χ3v) is 2.79. The van der Waals surface area contributed by atoms with Crippen LogP contribution in [0.2, 0.25) is 0 Å². The maximum atomic E-state index is 11.5. The summed E-state index contributed by atoms with van der Waals surface area (Å²) in [5, 5.41) is 12.6. The maximum absolute atomic E-state index is 11.5. The molecule has 0 spiro atoms. The van der Waals surface area contributed by atoms with Gasteiger partial charge in [0.05, 0.1) is 14.2 Å². The Balaban J connectivity index is 2.70. The van der Waals surface area contributed by atoms with E-state index in [1.165, 1.54) is 14.2 Å². The van der Waals surface area contributed by atoms with Crippen LogP contribution in [-0.4, -0.2) is 25.2 Å². The molecule has 0 aliphatic heterocycles. The predicted octanol–water partition coefficient (Wildman–Crippen LogP) is 2.22. The Morgan fingerprint density at radius 2 is 1.84 bits per heavy atom. The molecule has 1 aromatic carbocycles. The van der Waals surface area contributed by atoms with Crippen LogP contribution in [0.15, 0.2) is 12.1 Å². The predicted molar refractivity (Wildman–Crippen MR) is 72.6 cm³/mol. The van der Waals surface area contributed by atoms with Crippen LogP contribution in [0.5, 0.6) is 17.2 Å². The lowest BCUT2D eigenvalue weighted by Gasteiger charge is -2.11. The molecule has 1 rings (SSSR count). The van der Waals surface area contributed by atoms with Crippen molar-refractivity contribution in [1.82, 2.24) is 5.32 Å². The van der Waals surface area contributed by atoms with E-state index in [9.17, 15) is 9.90 Å². The average molecular weight is 267 g/mol. The van der Waals surface area contributed by atoms with Crippen molar-refractivity contribution in [2.75, 3.05) is 14.2 Å². The number of carbonyl (C=O) groups is 1. The van der Waals surface area contributed by atoms with Gasteiger partial charge in [0, 0.05) is 13.0 Å². The SMILES string of the molecule is CCCCC(=O)NCc1cc(OC)c(O)c(OC)c1. The molecule has 5 nitrogen and oxygen atoms in total. The fourth-order valence-corrected chi connectivity index (χ4v) is 1.68. The van der Waals surface area contributed by atoms with Crippen molar-refractivity contribution >= 4 is 5.91 Å². The Kier molecular flexibility index (Phi) is 5.99. The lowest BCUT2D eigenvalue weighted by Crippen LogP contribution is -2.22. The van der Waals surface area contributed by atoms with Gasteiger partial charge in [0.1, 0.15) is 0 Å². The minimum atomic E-state index is -0.0361. The molecule has 106 valence electrons. The first kappa shape index (κ1) is 15.1. The second-order valence-corrected chi connectivity index (χ2v) is 4.23. The van der Waals surface area contributed by atoms with E-state index in [-0.39, 0.29) is 11.7 Å². The number of hydrogen-bond donors (Lipinski definition) is 2. The van der Waals surface area contributed by atoms with Gasteiger partial charge in [0.25, 0.3) is 0 Å².